The Morgan fingerprint density at radius 1 is 1.60 bits per heavy atom. The van der Waals surface area contributed by atoms with Crippen molar-refractivity contribution in [1.29, 1.82) is 0 Å². The summed E-state index contributed by atoms with van der Waals surface area (Å²) in [5.74, 6) is 0.0616. The second-order valence-corrected chi connectivity index (χ2v) is 2.92. The number of carbonyl (C=O) groups is 1. The van der Waals surface area contributed by atoms with Crippen LogP contribution in [0.5, 0.6) is 0 Å². The van der Waals surface area contributed by atoms with Gasteiger partial charge < -0.3 is 9.97 Å². The highest BCUT2D eigenvalue weighted by Crippen LogP contribution is 2.06. The number of imidazole rings is 1. The summed E-state index contributed by atoms with van der Waals surface area (Å²) in [6, 6.07) is 0. The predicted molar refractivity (Wildman–Crippen MR) is 53.4 cm³/mol. The maximum atomic E-state index is 11.3. The molecule has 7 heteroatoms. The molecule has 7 nitrogen and oxygen atoms in total. The minimum absolute atomic E-state index is 0.175. The highest BCUT2D eigenvalue weighted by atomic mass is 16.1. The lowest BCUT2D eigenvalue weighted by molar-refractivity contribution is -0.115. The fourth-order valence-electron chi connectivity index (χ4n) is 1.12. The van der Waals surface area contributed by atoms with Crippen molar-refractivity contribution < 1.29 is 4.79 Å². The largest absolute Gasteiger partial charge is 0.318 e. The number of amides is 1. The van der Waals surface area contributed by atoms with E-state index in [0.717, 1.165) is 0 Å². The molecule has 0 bridgehead atoms. The van der Waals surface area contributed by atoms with Gasteiger partial charge in [-0.05, 0) is 0 Å². The number of aromatic amines is 2. The molecule has 2 rings (SSSR count). The number of hydrogen-bond acceptors (Lipinski definition) is 4. The van der Waals surface area contributed by atoms with Gasteiger partial charge >= 0.3 is 0 Å². The minimum Gasteiger partial charge on any atom is -0.318 e. The van der Waals surface area contributed by atoms with Gasteiger partial charge in [0.1, 0.15) is 0 Å². The van der Waals surface area contributed by atoms with Crippen molar-refractivity contribution >= 4 is 23.0 Å². The molecular weight excluding hydrogens is 198 g/mol. The Morgan fingerprint density at radius 3 is 3.07 bits per heavy atom. The van der Waals surface area contributed by atoms with Crippen molar-refractivity contribution in [2.24, 2.45) is 0 Å². The number of nitrogens with one attached hydrogen (secondary N) is 3. The van der Waals surface area contributed by atoms with Crippen LogP contribution in [0.1, 0.15) is 13.3 Å². The number of fused-ring (bicyclic) bond motifs is 1. The Hall–Kier alpha value is -2.18. The average molecular weight is 207 g/mol. The van der Waals surface area contributed by atoms with Crippen molar-refractivity contribution in [3.05, 3.63) is 16.7 Å². The Kier molecular flexibility index (Phi) is 2.20. The fraction of sp³-hybridized carbons (Fsp3) is 0.250. The number of aromatic nitrogens is 4. The maximum absolute atomic E-state index is 11.3. The van der Waals surface area contributed by atoms with E-state index in [1.54, 1.807) is 6.92 Å². The zero-order valence-electron chi connectivity index (χ0n) is 8.00. The van der Waals surface area contributed by atoms with Crippen molar-refractivity contribution in [2.45, 2.75) is 13.3 Å². The second kappa shape index (κ2) is 3.52. The van der Waals surface area contributed by atoms with Gasteiger partial charge in [-0.2, -0.15) is 4.98 Å². The van der Waals surface area contributed by atoms with Crippen LogP contribution in [0.2, 0.25) is 0 Å². The normalized spacial score (nSPS) is 10.5. The van der Waals surface area contributed by atoms with Gasteiger partial charge in [0.25, 0.3) is 5.56 Å². The molecule has 0 saturated heterocycles. The molecule has 15 heavy (non-hydrogen) atoms. The van der Waals surface area contributed by atoms with E-state index in [9.17, 15) is 9.59 Å². The number of hydrogen-bond donors (Lipinski definition) is 3. The van der Waals surface area contributed by atoms with Crippen molar-refractivity contribution in [3.8, 4) is 0 Å². The number of nitrogens with zero attached hydrogens (tertiary/aromatic N) is 2. The topological polar surface area (TPSA) is 104 Å². The number of rotatable bonds is 2. The summed E-state index contributed by atoms with van der Waals surface area (Å²) in [5, 5.41) is 2.51. The summed E-state index contributed by atoms with van der Waals surface area (Å²) in [5.41, 5.74) is 0.221. The van der Waals surface area contributed by atoms with E-state index in [0.29, 0.717) is 6.42 Å². The second-order valence-electron chi connectivity index (χ2n) is 2.92. The van der Waals surface area contributed by atoms with Crippen LogP contribution in [-0.2, 0) is 4.79 Å². The highest BCUT2D eigenvalue weighted by Gasteiger charge is 2.07. The summed E-state index contributed by atoms with van der Waals surface area (Å²) >= 11 is 0. The van der Waals surface area contributed by atoms with Crippen LogP contribution < -0.4 is 10.9 Å². The zero-order valence-corrected chi connectivity index (χ0v) is 8.00. The van der Waals surface area contributed by atoms with Crippen LogP contribution >= 0.6 is 0 Å². The molecule has 0 atom stereocenters. The molecule has 2 heterocycles. The lowest BCUT2D eigenvalue weighted by Crippen LogP contribution is -2.10. The molecule has 0 aliphatic rings. The third-order valence-corrected chi connectivity index (χ3v) is 1.87. The molecule has 0 fully saturated rings. The van der Waals surface area contributed by atoms with Gasteiger partial charge in [-0.25, -0.2) is 4.98 Å². The van der Waals surface area contributed by atoms with Gasteiger partial charge in [-0.1, -0.05) is 6.92 Å². The number of anilines is 1. The van der Waals surface area contributed by atoms with Crippen LogP contribution in [0.15, 0.2) is 11.1 Å². The van der Waals surface area contributed by atoms with E-state index in [-0.39, 0.29) is 28.6 Å². The van der Waals surface area contributed by atoms with E-state index < -0.39 is 0 Å². The molecule has 0 saturated carbocycles. The minimum atomic E-state index is -0.315. The number of carbonyl (C=O) groups excluding carboxylic acids is 1. The van der Waals surface area contributed by atoms with Crippen molar-refractivity contribution in [3.63, 3.8) is 0 Å². The first-order chi connectivity index (χ1) is 7.20. The fourth-order valence-corrected chi connectivity index (χ4v) is 1.12. The van der Waals surface area contributed by atoms with Gasteiger partial charge in [0, 0.05) is 6.42 Å². The van der Waals surface area contributed by atoms with E-state index in [1.807, 2.05) is 0 Å². The van der Waals surface area contributed by atoms with E-state index in [2.05, 4.69) is 25.3 Å². The molecular formula is C8H9N5O2. The van der Waals surface area contributed by atoms with E-state index in [1.165, 1.54) is 6.33 Å². The first-order valence-electron chi connectivity index (χ1n) is 4.44. The molecule has 0 unspecified atom stereocenters. The van der Waals surface area contributed by atoms with E-state index >= 15 is 0 Å². The molecule has 0 aliphatic carbocycles. The molecule has 1 amide bonds. The van der Waals surface area contributed by atoms with Gasteiger partial charge in [0.15, 0.2) is 11.2 Å². The lowest BCUT2D eigenvalue weighted by Gasteiger charge is -1.95. The van der Waals surface area contributed by atoms with Gasteiger partial charge in [-0.15, -0.1) is 0 Å². The highest BCUT2D eigenvalue weighted by molar-refractivity contribution is 5.90. The van der Waals surface area contributed by atoms with Crippen LogP contribution in [0.4, 0.5) is 5.95 Å². The van der Waals surface area contributed by atoms with Crippen molar-refractivity contribution in [1.82, 2.24) is 19.9 Å². The molecule has 0 radical (unpaired) electrons. The quantitative estimate of drug-likeness (QED) is 0.644. The van der Waals surface area contributed by atoms with E-state index in [4.69, 9.17) is 0 Å². The average Bonchev–Trinajstić information content (AvgIpc) is 2.62. The third kappa shape index (κ3) is 1.71. The molecule has 2 aromatic heterocycles. The van der Waals surface area contributed by atoms with Crippen LogP contribution in [0, 0.1) is 0 Å². The maximum Gasteiger partial charge on any atom is 0.276 e. The van der Waals surface area contributed by atoms with Crippen LogP contribution in [0.3, 0.4) is 0 Å². The first kappa shape index (κ1) is 9.38. The van der Waals surface area contributed by atoms with Crippen LogP contribution in [-0.4, -0.2) is 25.8 Å². The lowest BCUT2D eigenvalue weighted by atomic mass is 10.5. The number of H-pyrrole nitrogens is 2. The Morgan fingerprint density at radius 2 is 2.40 bits per heavy atom. The Labute approximate surface area is 83.9 Å². The molecule has 0 spiro atoms. The summed E-state index contributed by atoms with van der Waals surface area (Å²) in [4.78, 5) is 35.2. The van der Waals surface area contributed by atoms with Gasteiger partial charge in [-0.3, -0.25) is 14.9 Å². The monoisotopic (exact) mass is 207 g/mol. The molecule has 3 N–H and O–H groups in total. The zero-order chi connectivity index (χ0) is 10.8. The standard InChI is InChI=1S/C8H9N5O2/c1-2-4(14)11-8-12-5-6(13-8)9-3-10-7(5)15/h3H,2H2,1H3,(H3,9,10,11,12,13,14,15). The smallest absolute Gasteiger partial charge is 0.276 e. The summed E-state index contributed by atoms with van der Waals surface area (Å²) in [6.45, 7) is 1.73. The molecule has 0 aromatic carbocycles. The molecule has 0 aliphatic heterocycles. The summed E-state index contributed by atoms with van der Waals surface area (Å²) in [6.07, 6.45) is 1.61. The Bertz CT molecular complexity index is 555. The van der Waals surface area contributed by atoms with Gasteiger partial charge in [0.2, 0.25) is 11.9 Å². The molecule has 2 aromatic rings. The third-order valence-electron chi connectivity index (χ3n) is 1.87. The van der Waals surface area contributed by atoms with Gasteiger partial charge in [0.05, 0.1) is 6.33 Å². The Balaban J connectivity index is 2.43. The SMILES string of the molecule is CCC(=O)Nc1nc2nc[nH]c(=O)c2[nH]1. The summed E-state index contributed by atoms with van der Waals surface area (Å²) in [7, 11) is 0. The van der Waals surface area contributed by atoms with Crippen molar-refractivity contribution in [2.75, 3.05) is 5.32 Å². The predicted octanol–water partition coefficient (Wildman–Crippen LogP) is -0.00530. The van der Waals surface area contributed by atoms with Crippen LogP contribution in [0.25, 0.3) is 11.2 Å². The molecule has 78 valence electrons. The first-order valence-corrected chi connectivity index (χ1v) is 4.44. The summed E-state index contributed by atoms with van der Waals surface area (Å²) < 4.78 is 0.